The van der Waals surface area contributed by atoms with Gasteiger partial charge in [0.05, 0.1) is 11.1 Å². The smallest absolute Gasteiger partial charge is 0.373 e. The van der Waals surface area contributed by atoms with Crippen LogP contribution in [0.2, 0.25) is 0 Å². The van der Waals surface area contributed by atoms with E-state index in [4.69, 9.17) is 4.52 Å². The standard InChI is InChI=1S/C25H21F3N4O/c1-15-9-10-17(12-16(15)2)13-21(18-6-4-7-19(14-18)25(26,27)28)24-31-23(32-33-24)20-8-5-11-30-22(20)29-3/h4-14H,1-3H3,(H,29,30)/b21-13+. The van der Waals surface area contributed by atoms with E-state index in [1.165, 1.54) is 6.07 Å². The topological polar surface area (TPSA) is 63.8 Å². The molecule has 4 rings (SSSR count). The first-order valence-electron chi connectivity index (χ1n) is 10.2. The van der Waals surface area contributed by atoms with Gasteiger partial charge in [0, 0.05) is 18.8 Å². The molecular formula is C25H21F3N4O. The second-order valence-corrected chi connectivity index (χ2v) is 7.55. The lowest BCUT2D eigenvalue weighted by molar-refractivity contribution is -0.137. The van der Waals surface area contributed by atoms with Gasteiger partial charge in [-0.25, -0.2) is 4.98 Å². The number of hydrogen-bond donors (Lipinski definition) is 1. The Morgan fingerprint density at radius 2 is 1.82 bits per heavy atom. The van der Waals surface area contributed by atoms with Gasteiger partial charge in [0.2, 0.25) is 5.82 Å². The van der Waals surface area contributed by atoms with E-state index in [0.29, 0.717) is 22.5 Å². The summed E-state index contributed by atoms with van der Waals surface area (Å²) >= 11 is 0. The van der Waals surface area contributed by atoms with E-state index in [2.05, 4.69) is 20.4 Å². The minimum Gasteiger partial charge on any atom is -0.373 e. The molecule has 2 aromatic heterocycles. The summed E-state index contributed by atoms with van der Waals surface area (Å²) < 4.78 is 45.7. The second kappa shape index (κ2) is 8.90. The van der Waals surface area contributed by atoms with Crippen LogP contribution in [-0.4, -0.2) is 22.2 Å². The third kappa shape index (κ3) is 4.79. The lowest BCUT2D eigenvalue weighted by Crippen LogP contribution is -2.05. The Hall–Kier alpha value is -3.94. The molecule has 1 N–H and O–H groups in total. The van der Waals surface area contributed by atoms with Crippen LogP contribution in [0.5, 0.6) is 0 Å². The van der Waals surface area contributed by atoms with Gasteiger partial charge in [-0.2, -0.15) is 18.2 Å². The normalized spacial score (nSPS) is 12.1. The fraction of sp³-hybridized carbons (Fsp3) is 0.160. The van der Waals surface area contributed by atoms with E-state index in [0.717, 1.165) is 28.8 Å². The molecule has 2 heterocycles. The molecule has 8 heteroatoms. The number of aromatic nitrogens is 3. The van der Waals surface area contributed by atoms with Gasteiger partial charge in [-0.1, -0.05) is 35.5 Å². The first-order chi connectivity index (χ1) is 15.8. The Morgan fingerprint density at radius 3 is 2.55 bits per heavy atom. The molecule has 168 valence electrons. The van der Waals surface area contributed by atoms with Crippen molar-refractivity contribution in [3.63, 3.8) is 0 Å². The van der Waals surface area contributed by atoms with Crippen LogP contribution in [0.3, 0.4) is 0 Å². The van der Waals surface area contributed by atoms with E-state index in [-0.39, 0.29) is 11.7 Å². The van der Waals surface area contributed by atoms with Crippen LogP contribution < -0.4 is 5.32 Å². The number of pyridine rings is 1. The Labute approximate surface area is 189 Å². The summed E-state index contributed by atoms with van der Waals surface area (Å²) in [5, 5.41) is 7.02. The zero-order valence-electron chi connectivity index (χ0n) is 18.2. The monoisotopic (exact) mass is 450 g/mol. The number of benzene rings is 2. The molecule has 0 aliphatic carbocycles. The Morgan fingerprint density at radius 1 is 1.00 bits per heavy atom. The number of anilines is 1. The molecule has 0 fully saturated rings. The summed E-state index contributed by atoms with van der Waals surface area (Å²) in [6.45, 7) is 3.97. The van der Waals surface area contributed by atoms with Crippen LogP contribution in [-0.2, 0) is 6.18 Å². The fourth-order valence-corrected chi connectivity index (χ4v) is 3.38. The van der Waals surface area contributed by atoms with Gasteiger partial charge in [-0.15, -0.1) is 0 Å². The highest BCUT2D eigenvalue weighted by molar-refractivity contribution is 5.89. The van der Waals surface area contributed by atoms with Crippen molar-refractivity contribution in [3.8, 4) is 11.4 Å². The van der Waals surface area contributed by atoms with E-state index in [1.807, 2.05) is 32.0 Å². The van der Waals surface area contributed by atoms with Crippen molar-refractivity contribution in [1.82, 2.24) is 15.1 Å². The van der Waals surface area contributed by atoms with Crippen LogP contribution in [0.4, 0.5) is 19.0 Å². The SMILES string of the molecule is CNc1ncccc1-c1noc(/C(=C/c2ccc(C)c(C)c2)c2cccc(C(F)(F)F)c2)n1. The summed E-state index contributed by atoms with van der Waals surface area (Å²) in [4.78, 5) is 8.72. The molecule has 0 saturated heterocycles. The largest absolute Gasteiger partial charge is 0.416 e. The van der Waals surface area contributed by atoms with Gasteiger partial charge in [-0.05, 0) is 66.4 Å². The van der Waals surface area contributed by atoms with Crippen molar-refractivity contribution >= 4 is 17.5 Å². The van der Waals surface area contributed by atoms with Gasteiger partial charge in [-0.3, -0.25) is 0 Å². The first kappa shape index (κ1) is 22.3. The van der Waals surface area contributed by atoms with Gasteiger partial charge in [0.1, 0.15) is 5.82 Å². The van der Waals surface area contributed by atoms with Gasteiger partial charge in [0.15, 0.2) is 0 Å². The highest BCUT2D eigenvalue weighted by Crippen LogP contribution is 2.34. The molecule has 0 saturated carbocycles. The minimum atomic E-state index is -4.47. The summed E-state index contributed by atoms with van der Waals surface area (Å²) in [7, 11) is 1.72. The summed E-state index contributed by atoms with van der Waals surface area (Å²) in [5.74, 6) is 0.942. The molecule has 4 aromatic rings. The average molecular weight is 450 g/mol. The second-order valence-electron chi connectivity index (χ2n) is 7.55. The van der Waals surface area contributed by atoms with E-state index in [9.17, 15) is 13.2 Å². The molecule has 0 atom stereocenters. The maximum Gasteiger partial charge on any atom is 0.416 e. The molecule has 0 bridgehead atoms. The summed E-state index contributed by atoms with van der Waals surface area (Å²) in [5.41, 5.74) is 3.55. The lowest BCUT2D eigenvalue weighted by Gasteiger charge is -2.10. The molecule has 5 nitrogen and oxygen atoms in total. The van der Waals surface area contributed by atoms with Crippen LogP contribution in [0, 0.1) is 13.8 Å². The zero-order valence-corrected chi connectivity index (χ0v) is 18.2. The van der Waals surface area contributed by atoms with Gasteiger partial charge in [0.25, 0.3) is 5.89 Å². The molecule has 0 aliphatic heterocycles. The van der Waals surface area contributed by atoms with Crippen LogP contribution in [0.25, 0.3) is 23.0 Å². The van der Waals surface area contributed by atoms with Crippen molar-refractivity contribution in [2.24, 2.45) is 0 Å². The maximum absolute atomic E-state index is 13.4. The van der Waals surface area contributed by atoms with Crippen molar-refractivity contribution < 1.29 is 17.7 Å². The predicted octanol–water partition coefficient (Wildman–Crippen LogP) is 6.40. The van der Waals surface area contributed by atoms with Crippen molar-refractivity contribution in [3.05, 3.63) is 94.5 Å². The van der Waals surface area contributed by atoms with E-state index in [1.54, 1.807) is 37.5 Å². The number of nitrogens with zero attached hydrogens (tertiary/aromatic N) is 3. The fourth-order valence-electron chi connectivity index (χ4n) is 3.38. The molecule has 0 spiro atoms. The minimum absolute atomic E-state index is 0.105. The molecule has 0 radical (unpaired) electrons. The van der Waals surface area contributed by atoms with E-state index < -0.39 is 11.7 Å². The van der Waals surface area contributed by atoms with Gasteiger partial charge >= 0.3 is 6.18 Å². The number of hydrogen-bond acceptors (Lipinski definition) is 5. The average Bonchev–Trinajstić information content (AvgIpc) is 3.29. The maximum atomic E-state index is 13.4. The van der Waals surface area contributed by atoms with Crippen molar-refractivity contribution in [1.29, 1.82) is 0 Å². The number of alkyl halides is 3. The highest BCUT2D eigenvalue weighted by Gasteiger charge is 2.31. The third-order valence-electron chi connectivity index (χ3n) is 5.28. The van der Waals surface area contributed by atoms with Gasteiger partial charge < -0.3 is 9.84 Å². The molecule has 2 aromatic carbocycles. The zero-order chi connectivity index (χ0) is 23.6. The number of aryl methyl sites for hydroxylation is 2. The summed E-state index contributed by atoms with van der Waals surface area (Å²) in [6, 6.07) is 14.4. The third-order valence-corrected chi connectivity index (χ3v) is 5.28. The molecule has 33 heavy (non-hydrogen) atoms. The molecule has 0 amide bonds. The molecule has 0 unspecified atom stereocenters. The van der Waals surface area contributed by atoms with Crippen molar-refractivity contribution in [2.75, 3.05) is 12.4 Å². The Kier molecular flexibility index (Phi) is 6.00. The predicted molar refractivity (Wildman–Crippen MR) is 121 cm³/mol. The van der Waals surface area contributed by atoms with E-state index >= 15 is 0 Å². The van der Waals surface area contributed by atoms with Crippen LogP contribution in [0.1, 0.15) is 33.7 Å². The quantitative estimate of drug-likeness (QED) is 0.357. The van der Waals surface area contributed by atoms with Crippen molar-refractivity contribution in [2.45, 2.75) is 20.0 Å². The first-order valence-corrected chi connectivity index (χ1v) is 10.2. The number of rotatable bonds is 5. The summed E-state index contributed by atoms with van der Waals surface area (Å²) in [6.07, 6.45) is -1.09. The number of halogens is 3. The molecular weight excluding hydrogens is 429 g/mol. The Bertz CT molecular complexity index is 1330. The van der Waals surface area contributed by atoms with Crippen LogP contribution >= 0.6 is 0 Å². The number of nitrogens with one attached hydrogen (secondary N) is 1. The Balaban J connectivity index is 1.86. The molecule has 0 aliphatic rings. The van der Waals surface area contributed by atoms with Crippen LogP contribution in [0.15, 0.2) is 65.3 Å². The highest BCUT2D eigenvalue weighted by atomic mass is 19.4. The lowest BCUT2D eigenvalue weighted by atomic mass is 9.98.